The Morgan fingerprint density at radius 2 is 1.83 bits per heavy atom. The van der Waals surface area contributed by atoms with Crippen molar-refractivity contribution in [1.29, 1.82) is 0 Å². The van der Waals surface area contributed by atoms with Gasteiger partial charge in [-0.3, -0.25) is 4.79 Å². The first-order chi connectivity index (χ1) is 11.3. The molecule has 0 saturated heterocycles. The number of ether oxygens (including phenoxy) is 1. The molecular weight excluding hydrogens is 328 g/mol. The van der Waals surface area contributed by atoms with Gasteiger partial charge in [-0.1, -0.05) is 30.3 Å². The molecule has 0 aliphatic carbocycles. The molecule has 2 N–H and O–H groups in total. The largest absolute Gasteiger partial charge is 0.468 e. The first-order valence-corrected chi connectivity index (χ1v) is 8.75. The number of esters is 1. The maximum Gasteiger partial charge on any atom is 0.321 e. The number of aryl methyl sites for hydroxylation is 1. The summed E-state index contributed by atoms with van der Waals surface area (Å²) < 4.78 is 31.6. The minimum absolute atomic E-state index is 0.0554. The maximum absolute atomic E-state index is 13.0. The van der Waals surface area contributed by atoms with Gasteiger partial charge in [0.1, 0.15) is 6.54 Å². The lowest BCUT2D eigenvalue weighted by atomic mass is 10.2. The molecular formula is C17H20N2O4S. The number of carbonyl (C=O) groups is 1. The fraction of sp³-hybridized carbons (Fsp3) is 0.235. The lowest BCUT2D eigenvalue weighted by Gasteiger charge is -2.21. The number of benzene rings is 2. The van der Waals surface area contributed by atoms with E-state index in [4.69, 9.17) is 5.73 Å². The van der Waals surface area contributed by atoms with Crippen LogP contribution in [0.2, 0.25) is 0 Å². The summed E-state index contributed by atoms with van der Waals surface area (Å²) in [6, 6.07) is 13.6. The van der Waals surface area contributed by atoms with Crippen molar-refractivity contribution >= 4 is 21.7 Å². The Morgan fingerprint density at radius 1 is 1.17 bits per heavy atom. The molecule has 2 rings (SSSR count). The van der Waals surface area contributed by atoms with Gasteiger partial charge in [-0.05, 0) is 36.2 Å². The van der Waals surface area contributed by atoms with Crippen LogP contribution in [0.1, 0.15) is 11.1 Å². The van der Waals surface area contributed by atoms with Gasteiger partial charge in [0.05, 0.1) is 12.0 Å². The minimum Gasteiger partial charge on any atom is -0.468 e. The Hall–Kier alpha value is -2.38. The zero-order valence-electron chi connectivity index (χ0n) is 13.6. The second-order valence-electron chi connectivity index (χ2n) is 5.41. The third-order valence-corrected chi connectivity index (χ3v) is 5.22. The summed E-state index contributed by atoms with van der Waals surface area (Å²) in [6.45, 7) is 1.45. The maximum atomic E-state index is 13.0. The fourth-order valence-electron chi connectivity index (χ4n) is 2.30. The van der Waals surface area contributed by atoms with E-state index in [2.05, 4.69) is 4.74 Å². The van der Waals surface area contributed by atoms with Crippen molar-refractivity contribution in [3.8, 4) is 0 Å². The highest BCUT2D eigenvalue weighted by atomic mass is 32.2. The summed E-state index contributed by atoms with van der Waals surface area (Å²) in [7, 11) is -2.67. The Labute approximate surface area is 141 Å². The van der Waals surface area contributed by atoms with E-state index in [0.29, 0.717) is 5.69 Å². The summed E-state index contributed by atoms with van der Waals surface area (Å²) in [5, 5.41) is 0. The average Bonchev–Trinajstić information content (AvgIpc) is 2.54. The third kappa shape index (κ3) is 4.33. The molecule has 2 aromatic carbocycles. The molecule has 0 bridgehead atoms. The van der Waals surface area contributed by atoms with Crippen LogP contribution >= 0.6 is 0 Å². The van der Waals surface area contributed by atoms with Crippen LogP contribution in [-0.4, -0.2) is 32.3 Å². The lowest BCUT2D eigenvalue weighted by Crippen LogP contribution is -2.35. The number of hydrogen-bond acceptors (Lipinski definition) is 5. The van der Waals surface area contributed by atoms with Crippen molar-refractivity contribution in [3.05, 3.63) is 59.7 Å². The fourth-order valence-corrected chi connectivity index (χ4v) is 3.81. The topological polar surface area (TPSA) is 89.7 Å². The van der Waals surface area contributed by atoms with Crippen molar-refractivity contribution in [2.45, 2.75) is 18.4 Å². The van der Waals surface area contributed by atoms with E-state index in [0.717, 1.165) is 15.4 Å². The highest BCUT2D eigenvalue weighted by Gasteiger charge is 2.27. The van der Waals surface area contributed by atoms with Gasteiger partial charge >= 0.3 is 5.97 Å². The number of sulfonamides is 1. The molecule has 0 aliphatic rings. The van der Waals surface area contributed by atoms with Gasteiger partial charge in [0.2, 0.25) is 10.0 Å². The molecule has 128 valence electrons. The van der Waals surface area contributed by atoms with Gasteiger partial charge < -0.3 is 10.5 Å². The third-order valence-electron chi connectivity index (χ3n) is 3.45. The number of carbonyl (C=O) groups excluding carboxylic acids is 1. The zero-order valence-corrected chi connectivity index (χ0v) is 14.4. The van der Waals surface area contributed by atoms with Gasteiger partial charge in [0.25, 0.3) is 0 Å². The van der Waals surface area contributed by atoms with Crippen LogP contribution in [0.25, 0.3) is 0 Å². The second-order valence-corrected chi connectivity index (χ2v) is 7.35. The summed E-state index contributed by atoms with van der Waals surface area (Å²) in [6.07, 6.45) is 0. The number of rotatable bonds is 6. The quantitative estimate of drug-likeness (QED) is 0.636. The molecule has 0 aliphatic heterocycles. The normalized spacial score (nSPS) is 11.5. The summed E-state index contributed by atoms with van der Waals surface area (Å²) in [5.74, 6) is -0.630. The van der Waals surface area contributed by atoms with Crippen molar-refractivity contribution in [2.24, 2.45) is 0 Å². The molecule has 0 amide bonds. The standard InChI is InChI=1S/C17H20N2O4S/c1-13-8-15(18)10-16(9-13)24(21,22)19(12-17(20)23-2)11-14-6-4-3-5-7-14/h3-10H,11-12,18H2,1-2H3. The van der Waals surface area contributed by atoms with E-state index in [9.17, 15) is 13.2 Å². The molecule has 7 heteroatoms. The van der Waals surface area contributed by atoms with E-state index in [1.165, 1.54) is 19.2 Å². The predicted molar refractivity (Wildman–Crippen MR) is 91.6 cm³/mol. The Bertz CT molecular complexity index is 799. The molecule has 0 fully saturated rings. The van der Waals surface area contributed by atoms with E-state index in [-0.39, 0.29) is 18.0 Å². The molecule has 0 aromatic heterocycles. The second kappa shape index (κ2) is 7.46. The lowest BCUT2D eigenvalue weighted by molar-refractivity contribution is -0.140. The SMILES string of the molecule is COC(=O)CN(Cc1ccccc1)S(=O)(=O)c1cc(C)cc(N)c1. The summed E-state index contributed by atoms with van der Waals surface area (Å²) >= 11 is 0. The van der Waals surface area contributed by atoms with Crippen LogP contribution in [0.4, 0.5) is 5.69 Å². The van der Waals surface area contributed by atoms with E-state index >= 15 is 0 Å². The summed E-state index contributed by atoms with van der Waals surface area (Å²) in [5.41, 5.74) is 7.61. The average molecular weight is 348 g/mol. The van der Waals surface area contributed by atoms with E-state index < -0.39 is 16.0 Å². The van der Waals surface area contributed by atoms with Crippen LogP contribution < -0.4 is 5.73 Å². The molecule has 24 heavy (non-hydrogen) atoms. The molecule has 0 heterocycles. The number of anilines is 1. The Kier molecular flexibility index (Phi) is 5.58. The van der Waals surface area contributed by atoms with Gasteiger partial charge in [-0.15, -0.1) is 0 Å². The van der Waals surface area contributed by atoms with Gasteiger partial charge in [0, 0.05) is 12.2 Å². The molecule has 6 nitrogen and oxygen atoms in total. The summed E-state index contributed by atoms with van der Waals surface area (Å²) in [4.78, 5) is 11.7. The van der Waals surface area contributed by atoms with Crippen LogP contribution in [0, 0.1) is 6.92 Å². The van der Waals surface area contributed by atoms with Crippen LogP contribution in [0.15, 0.2) is 53.4 Å². The molecule has 0 atom stereocenters. The first-order valence-electron chi connectivity index (χ1n) is 7.31. The van der Waals surface area contributed by atoms with Gasteiger partial charge in [-0.2, -0.15) is 4.31 Å². The molecule has 0 radical (unpaired) electrons. The van der Waals surface area contributed by atoms with E-state index in [1.54, 1.807) is 25.1 Å². The molecule has 0 unspecified atom stereocenters. The molecule has 0 spiro atoms. The molecule has 0 saturated carbocycles. The Morgan fingerprint density at radius 3 is 2.42 bits per heavy atom. The van der Waals surface area contributed by atoms with Crippen molar-refractivity contribution in [3.63, 3.8) is 0 Å². The van der Waals surface area contributed by atoms with E-state index in [1.807, 2.05) is 18.2 Å². The van der Waals surface area contributed by atoms with Crippen LogP contribution in [0.3, 0.4) is 0 Å². The van der Waals surface area contributed by atoms with Crippen molar-refractivity contribution in [2.75, 3.05) is 19.4 Å². The Balaban J connectivity index is 2.42. The number of nitrogens with two attached hydrogens (primary N) is 1. The predicted octanol–water partition coefficient (Wildman–Crippen LogP) is 1.94. The minimum atomic E-state index is -3.90. The smallest absolute Gasteiger partial charge is 0.321 e. The number of nitrogens with zero attached hydrogens (tertiary/aromatic N) is 1. The number of nitrogen functional groups attached to an aromatic ring is 1. The van der Waals surface area contributed by atoms with Crippen molar-refractivity contribution < 1.29 is 17.9 Å². The number of hydrogen-bond donors (Lipinski definition) is 1. The molecule has 2 aromatic rings. The van der Waals surface area contributed by atoms with Crippen molar-refractivity contribution in [1.82, 2.24) is 4.31 Å². The van der Waals surface area contributed by atoms with Crippen LogP contribution in [-0.2, 0) is 26.1 Å². The highest BCUT2D eigenvalue weighted by Crippen LogP contribution is 2.22. The van der Waals surface area contributed by atoms with Gasteiger partial charge in [-0.25, -0.2) is 8.42 Å². The number of methoxy groups -OCH3 is 1. The first kappa shape index (κ1) is 18.0. The van der Waals surface area contributed by atoms with Crippen LogP contribution in [0.5, 0.6) is 0 Å². The zero-order chi connectivity index (χ0) is 17.7. The van der Waals surface area contributed by atoms with Gasteiger partial charge in [0.15, 0.2) is 0 Å². The monoisotopic (exact) mass is 348 g/mol. The highest BCUT2D eigenvalue weighted by molar-refractivity contribution is 7.89.